The molecule has 128 valence electrons. The van der Waals surface area contributed by atoms with Gasteiger partial charge in [-0.15, -0.1) is 0 Å². The van der Waals surface area contributed by atoms with Crippen LogP contribution in [0.3, 0.4) is 0 Å². The van der Waals surface area contributed by atoms with E-state index in [2.05, 4.69) is 10.3 Å². The van der Waals surface area contributed by atoms with Gasteiger partial charge in [0.1, 0.15) is 5.60 Å². The van der Waals surface area contributed by atoms with Crippen molar-refractivity contribution in [3.05, 3.63) is 24.1 Å². The Morgan fingerprint density at radius 1 is 1.52 bits per heavy atom. The zero-order valence-electron chi connectivity index (χ0n) is 14.3. The van der Waals surface area contributed by atoms with E-state index in [0.717, 1.165) is 19.4 Å². The summed E-state index contributed by atoms with van der Waals surface area (Å²) in [7, 11) is 0. The highest BCUT2D eigenvalue weighted by atomic mass is 19.1. The minimum atomic E-state index is -0.514. The molecule has 2 heterocycles. The Balaban J connectivity index is 1.95. The van der Waals surface area contributed by atoms with E-state index < -0.39 is 11.7 Å². The van der Waals surface area contributed by atoms with Crippen LogP contribution in [0.5, 0.6) is 0 Å². The van der Waals surface area contributed by atoms with E-state index in [4.69, 9.17) is 4.74 Å². The normalized spacial score (nSPS) is 20.0. The van der Waals surface area contributed by atoms with Gasteiger partial charge in [0.25, 0.3) is 0 Å². The van der Waals surface area contributed by atoms with Crippen molar-refractivity contribution in [3.63, 3.8) is 0 Å². The summed E-state index contributed by atoms with van der Waals surface area (Å²) in [5, 5.41) is 2.89. The van der Waals surface area contributed by atoms with Crippen molar-refractivity contribution >= 4 is 11.9 Å². The lowest BCUT2D eigenvalue weighted by molar-refractivity contribution is 0.0489. The number of carbonyl (C=O) groups excluding carboxylic acids is 1. The fourth-order valence-corrected chi connectivity index (χ4v) is 2.83. The zero-order chi connectivity index (χ0) is 17.0. The number of halogens is 1. The first kappa shape index (κ1) is 17.5. The summed E-state index contributed by atoms with van der Waals surface area (Å²) in [6, 6.07) is 2.97. The molecule has 1 N–H and O–H groups in total. The molecule has 0 bridgehead atoms. The molecule has 5 nitrogen and oxygen atoms in total. The van der Waals surface area contributed by atoms with Crippen LogP contribution < -0.4 is 10.2 Å². The summed E-state index contributed by atoms with van der Waals surface area (Å²) >= 11 is 0. The van der Waals surface area contributed by atoms with E-state index >= 15 is 0 Å². The monoisotopic (exact) mass is 323 g/mol. The molecule has 1 amide bonds. The Kier molecular flexibility index (Phi) is 5.44. The molecule has 0 aromatic carbocycles. The summed E-state index contributed by atoms with van der Waals surface area (Å²) in [5.74, 6) is 0.320. The standard InChI is InChI=1S/C17H26FN3O2/c1-12(20-16(22)23-17(2,3)4)13-7-6-10-21(11-13)15-14(18)8-5-9-19-15/h5,8-9,12-13H,6-7,10-11H2,1-4H3,(H,20,22)/t12-,13+/m1/s1. The number of nitrogens with one attached hydrogen (secondary N) is 1. The van der Waals surface area contributed by atoms with Gasteiger partial charge in [0.15, 0.2) is 11.6 Å². The Hall–Kier alpha value is -1.85. The molecule has 0 aliphatic carbocycles. The first-order valence-corrected chi connectivity index (χ1v) is 8.11. The molecule has 2 atom stereocenters. The smallest absolute Gasteiger partial charge is 0.407 e. The van der Waals surface area contributed by atoms with E-state index in [1.807, 2.05) is 32.6 Å². The van der Waals surface area contributed by atoms with Crippen molar-refractivity contribution in [1.29, 1.82) is 0 Å². The maximum absolute atomic E-state index is 13.9. The second-order valence-corrected chi connectivity index (χ2v) is 7.09. The molecule has 1 aromatic rings. The van der Waals surface area contributed by atoms with Crippen LogP contribution in [0.4, 0.5) is 15.0 Å². The van der Waals surface area contributed by atoms with Gasteiger partial charge in [0.2, 0.25) is 0 Å². The fourth-order valence-electron chi connectivity index (χ4n) is 2.83. The number of ether oxygens (including phenoxy) is 1. The lowest BCUT2D eigenvalue weighted by Gasteiger charge is -2.36. The van der Waals surface area contributed by atoms with Crippen molar-refractivity contribution in [2.45, 2.75) is 52.2 Å². The third-order valence-electron chi connectivity index (χ3n) is 3.95. The number of nitrogens with zero attached hydrogens (tertiary/aromatic N) is 2. The van der Waals surface area contributed by atoms with Gasteiger partial charge < -0.3 is 15.0 Å². The quantitative estimate of drug-likeness (QED) is 0.927. The molecule has 0 radical (unpaired) electrons. The number of rotatable bonds is 3. The lowest BCUT2D eigenvalue weighted by Crippen LogP contribution is -2.47. The Morgan fingerprint density at radius 2 is 2.26 bits per heavy atom. The highest BCUT2D eigenvalue weighted by Crippen LogP contribution is 2.25. The molecular formula is C17H26FN3O2. The second-order valence-electron chi connectivity index (χ2n) is 7.09. The van der Waals surface area contributed by atoms with E-state index in [0.29, 0.717) is 12.4 Å². The van der Waals surface area contributed by atoms with Crippen molar-refractivity contribution in [2.24, 2.45) is 5.92 Å². The van der Waals surface area contributed by atoms with Crippen LogP contribution in [0.2, 0.25) is 0 Å². The van der Waals surface area contributed by atoms with Crippen LogP contribution >= 0.6 is 0 Å². The Labute approximate surface area is 137 Å². The predicted octanol–water partition coefficient (Wildman–Crippen LogP) is 3.35. The number of anilines is 1. The van der Waals surface area contributed by atoms with Crippen molar-refractivity contribution in [2.75, 3.05) is 18.0 Å². The summed E-state index contributed by atoms with van der Waals surface area (Å²) in [5.41, 5.74) is -0.514. The molecule has 1 aromatic heterocycles. The minimum Gasteiger partial charge on any atom is -0.444 e. The average Bonchev–Trinajstić information content (AvgIpc) is 2.45. The SMILES string of the molecule is C[C@@H](NC(=O)OC(C)(C)C)[C@H]1CCCN(c2ncccc2F)C1. The largest absolute Gasteiger partial charge is 0.444 e. The third-order valence-corrected chi connectivity index (χ3v) is 3.95. The number of alkyl carbamates (subject to hydrolysis) is 1. The molecule has 0 spiro atoms. The van der Waals surface area contributed by atoms with Crippen LogP contribution in [0.1, 0.15) is 40.5 Å². The number of amides is 1. The highest BCUT2D eigenvalue weighted by molar-refractivity contribution is 5.68. The van der Waals surface area contributed by atoms with Crippen LogP contribution in [-0.4, -0.2) is 35.8 Å². The van der Waals surface area contributed by atoms with E-state index in [9.17, 15) is 9.18 Å². The maximum atomic E-state index is 13.9. The van der Waals surface area contributed by atoms with Crippen molar-refractivity contribution in [3.8, 4) is 0 Å². The summed E-state index contributed by atoms with van der Waals surface area (Å²) in [4.78, 5) is 18.0. The number of hydrogen-bond donors (Lipinski definition) is 1. The van der Waals surface area contributed by atoms with Crippen LogP contribution in [0.15, 0.2) is 18.3 Å². The van der Waals surface area contributed by atoms with Gasteiger partial charge in [0, 0.05) is 25.3 Å². The van der Waals surface area contributed by atoms with E-state index in [-0.39, 0.29) is 17.8 Å². The number of hydrogen-bond acceptors (Lipinski definition) is 4. The average molecular weight is 323 g/mol. The number of carbonyl (C=O) groups is 1. The van der Waals surface area contributed by atoms with Crippen LogP contribution in [-0.2, 0) is 4.74 Å². The van der Waals surface area contributed by atoms with Crippen molar-refractivity contribution in [1.82, 2.24) is 10.3 Å². The molecule has 23 heavy (non-hydrogen) atoms. The summed E-state index contributed by atoms with van der Waals surface area (Å²) in [6.45, 7) is 8.93. The number of piperidine rings is 1. The molecule has 6 heteroatoms. The number of aromatic nitrogens is 1. The molecular weight excluding hydrogens is 297 g/mol. The molecule has 2 rings (SSSR count). The molecule has 1 aliphatic rings. The van der Waals surface area contributed by atoms with Crippen molar-refractivity contribution < 1.29 is 13.9 Å². The van der Waals surface area contributed by atoms with Gasteiger partial charge in [-0.25, -0.2) is 14.2 Å². The lowest BCUT2D eigenvalue weighted by atomic mass is 9.91. The molecule has 1 fully saturated rings. The predicted molar refractivity (Wildman–Crippen MR) is 88.0 cm³/mol. The third kappa shape index (κ3) is 5.08. The molecule has 1 saturated heterocycles. The highest BCUT2D eigenvalue weighted by Gasteiger charge is 2.28. The molecule has 0 unspecified atom stereocenters. The van der Waals surface area contributed by atoms with Gasteiger partial charge in [-0.05, 0) is 58.6 Å². The first-order valence-electron chi connectivity index (χ1n) is 8.11. The zero-order valence-corrected chi connectivity index (χ0v) is 14.3. The summed E-state index contributed by atoms with van der Waals surface area (Å²) < 4.78 is 19.2. The van der Waals surface area contributed by atoms with Gasteiger partial charge in [-0.2, -0.15) is 0 Å². The molecule has 0 saturated carbocycles. The van der Waals surface area contributed by atoms with Gasteiger partial charge >= 0.3 is 6.09 Å². The second kappa shape index (κ2) is 7.15. The first-order chi connectivity index (χ1) is 10.8. The van der Waals surface area contributed by atoms with Gasteiger partial charge in [0.05, 0.1) is 0 Å². The van der Waals surface area contributed by atoms with E-state index in [1.165, 1.54) is 6.07 Å². The summed E-state index contributed by atoms with van der Waals surface area (Å²) in [6.07, 6.45) is 3.12. The Morgan fingerprint density at radius 3 is 2.91 bits per heavy atom. The van der Waals surface area contributed by atoms with E-state index in [1.54, 1.807) is 12.3 Å². The van der Waals surface area contributed by atoms with Crippen LogP contribution in [0.25, 0.3) is 0 Å². The fraction of sp³-hybridized carbons (Fsp3) is 0.647. The maximum Gasteiger partial charge on any atom is 0.407 e. The van der Waals surface area contributed by atoms with Gasteiger partial charge in [-0.1, -0.05) is 0 Å². The number of pyridine rings is 1. The topological polar surface area (TPSA) is 54.5 Å². The minimum absolute atomic E-state index is 0.0422. The van der Waals surface area contributed by atoms with Crippen LogP contribution in [0, 0.1) is 11.7 Å². The molecule has 1 aliphatic heterocycles. The Bertz CT molecular complexity index is 545. The van der Waals surface area contributed by atoms with Gasteiger partial charge in [-0.3, -0.25) is 0 Å².